The summed E-state index contributed by atoms with van der Waals surface area (Å²) in [6, 6.07) is 1.33. The standard InChI is InChI=1S/C14H12Cl2F3N5O3S/c1-28(26)12-9(4-22-27-5-10(20)25)23-24(13(12)21)11-7(15)2-6(3-8(11)16)14(17,18)19/h2-4H,5,21H2,1H3,(H2,20,25)/b22-4+. The van der Waals surface area contributed by atoms with Gasteiger partial charge in [-0.2, -0.15) is 18.3 Å². The summed E-state index contributed by atoms with van der Waals surface area (Å²) in [5.41, 5.74) is 9.61. The van der Waals surface area contributed by atoms with E-state index in [9.17, 15) is 22.2 Å². The van der Waals surface area contributed by atoms with Gasteiger partial charge in [0.05, 0.1) is 32.6 Å². The monoisotopic (exact) mass is 457 g/mol. The zero-order valence-corrected chi connectivity index (χ0v) is 16.3. The van der Waals surface area contributed by atoms with E-state index < -0.39 is 35.1 Å². The molecule has 2 aromatic rings. The van der Waals surface area contributed by atoms with Crippen LogP contribution in [0.4, 0.5) is 19.0 Å². The zero-order valence-electron chi connectivity index (χ0n) is 14.0. The quantitative estimate of drug-likeness (QED) is 0.508. The average Bonchev–Trinajstić information content (AvgIpc) is 2.86. The van der Waals surface area contributed by atoms with Crippen LogP contribution in [0.5, 0.6) is 0 Å². The molecule has 0 spiro atoms. The van der Waals surface area contributed by atoms with Crippen LogP contribution in [-0.4, -0.2) is 39.0 Å². The molecule has 28 heavy (non-hydrogen) atoms. The highest BCUT2D eigenvalue weighted by Crippen LogP contribution is 2.38. The maximum atomic E-state index is 12.9. The number of anilines is 1. The summed E-state index contributed by atoms with van der Waals surface area (Å²) < 4.78 is 51.6. The summed E-state index contributed by atoms with van der Waals surface area (Å²) >= 11 is 11.9. The molecule has 1 atom stereocenters. The van der Waals surface area contributed by atoms with Gasteiger partial charge in [0, 0.05) is 6.26 Å². The third-order valence-corrected chi connectivity index (χ3v) is 4.77. The second-order valence-corrected chi connectivity index (χ2v) is 7.36. The first-order valence-electron chi connectivity index (χ1n) is 7.15. The van der Waals surface area contributed by atoms with Crippen LogP contribution < -0.4 is 11.5 Å². The molecule has 0 aliphatic rings. The molecule has 8 nitrogen and oxygen atoms in total. The third-order valence-electron chi connectivity index (χ3n) is 3.20. The highest BCUT2D eigenvalue weighted by molar-refractivity contribution is 7.84. The molecule has 0 aliphatic carbocycles. The molecule has 152 valence electrons. The zero-order chi connectivity index (χ0) is 21.2. The van der Waals surface area contributed by atoms with E-state index in [-0.39, 0.29) is 32.1 Å². The number of carbonyl (C=O) groups excluding carboxylic acids is 1. The number of nitrogens with two attached hydrogens (primary N) is 2. The minimum absolute atomic E-state index is 0.0125. The van der Waals surface area contributed by atoms with Gasteiger partial charge in [0.1, 0.15) is 22.1 Å². The number of oxime groups is 1. The third kappa shape index (κ3) is 4.75. The van der Waals surface area contributed by atoms with Gasteiger partial charge >= 0.3 is 6.18 Å². The van der Waals surface area contributed by atoms with E-state index in [4.69, 9.17) is 34.7 Å². The maximum Gasteiger partial charge on any atom is 0.416 e. The number of nitrogens with zero attached hydrogens (tertiary/aromatic N) is 3. The Bertz CT molecular complexity index is 955. The van der Waals surface area contributed by atoms with Crippen LogP contribution >= 0.6 is 23.2 Å². The molecular weight excluding hydrogens is 446 g/mol. The van der Waals surface area contributed by atoms with Gasteiger partial charge in [-0.25, -0.2) is 4.68 Å². The topological polar surface area (TPSA) is 126 Å². The van der Waals surface area contributed by atoms with Crippen molar-refractivity contribution in [2.75, 3.05) is 18.6 Å². The van der Waals surface area contributed by atoms with E-state index in [0.29, 0.717) is 12.1 Å². The molecule has 1 aromatic heterocycles. The number of benzene rings is 1. The largest absolute Gasteiger partial charge is 0.416 e. The van der Waals surface area contributed by atoms with Crippen molar-refractivity contribution >= 4 is 51.9 Å². The molecule has 0 aliphatic heterocycles. The molecule has 2 rings (SSSR count). The lowest BCUT2D eigenvalue weighted by molar-refractivity contribution is -0.137. The smallest absolute Gasteiger partial charge is 0.386 e. The fourth-order valence-electron chi connectivity index (χ4n) is 2.10. The van der Waals surface area contributed by atoms with Crippen molar-refractivity contribution < 1.29 is 27.0 Å². The van der Waals surface area contributed by atoms with Crippen LogP contribution in [0.15, 0.2) is 22.2 Å². The minimum atomic E-state index is -4.66. The van der Waals surface area contributed by atoms with Crippen LogP contribution in [-0.2, 0) is 26.6 Å². The van der Waals surface area contributed by atoms with Gasteiger partial charge in [0.2, 0.25) is 0 Å². The lowest BCUT2D eigenvalue weighted by Gasteiger charge is -2.13. The van der Waals surface area contributed by atoms with Gasteiger partial charge in [-0.15, -0.1) is 0 Å². The normalized spacial score (nSPS) is 13.1. The van der Waals surface area contributed by atoms with Crippen molar-refractivity contribution in [1.82, 2.24) is 9.78 Å². The molecule has 0 fully saturated rings. The van der Waals surface area contributed by atoms with Crippen molar-refractivity contribution in [3.8, 4) is 5.69 Å². The molecule has 0 saturated carbocycles. The number of aromatic nitrogens is 2. The molecule has 1 amide bonds. The molecule has 1 heterocycles. The molecule has 0 radical (unpaired) electrons. The van der Waals surface area contributed by atoms with E-state index in [1.807, 2.05) is 0 Å². The lowest BCUT2D eigenvalue weighted by atomic mass is 10.2. The number of primary amides is 1. The lowest BCUT2D eigenvalue weighted by Crippen LogP contribution is -2.16. The Balaban J connectivity index is 2.57. The van der Waals surface area contributed by atoms with E-state index in [1.165, 1.54) is 6.26 Å². The van der Waals surface area contributed by atoms with Crippen LogP contribution in [0.1, 0.15) is 11.3 Å². The molecule has 0 bridgehead atoms. The fourth-order valence-corrected chi connectivity index (χ4v) is 3.52. The van der Waals surface area contributed by atoms with Crippen molar-refractivity contribution in [2.45, 2.75) is 11.1 Å². The van der Waals surface area contributed by atoms with Crippen molar-refractivity contribution in [2.24, 2.45) is 10.9 Å². The number of hydrogen-bond donors (Lipinski definition) is 2. The second kappa shape index (κ2) is 8.37. The first-order chi connectivity index (χ1) is 12.9. The molecule has 1 unspecified atom stereocenters. The number of amides is 1. The van der Waals surface area contributed by atoms with Crippen LogP contribution in [0.2, 0.25) is 10.0 Å². The molecular formula is C14H12Cl2F3N5O3S. The van der Waals surface area contributed by atoms with Gasteiger partial charge in [-0.3, -0.25) is 9.00 Å². The Hall–Kier alpha value is -2.31. The maximum absolute atomic E-state index is 12.9. The Morgan fingerprint density at radius 3 is 2.43 bits per heavy atom. The highest BCUT2D eigenvalue weighted by atomic mass is 35.5. The molecule has 14 heteroatoms. The van der Waals surface area contributed by atoms with Gasteiger partial charge in [-0.1, -0.05) is 28.4 Å². The molecule has 4 N–H and O–H groups in total. The summed E-state index contributed by atoms with van der Waals surface area (Å²) in [5, 5.41) is 6.73. The summed E-state index contributed by atoms with van der Waals surface area (Å²) in [6.07, 6.45) is -2.35. The van der Waals surface area contributed by atoms with Crippen molar-refractivity contribution in [3.05, 3.63) is 33.4 Å². The Morgan fingerprint density at radius 2 is 1.96 bits per heavy atom. The van der Waals surface area contributed by atoms with Crippen LogP contribution in [0.25, 0.3) is 5.69 Å². The predicted molar refractivity (Wildman–Crippen MR) is 98.1 cm³/mol. The number of nitrogen functional groups attached to an aromatic ring is 1. The van der Waals surface area contributed by atoms with E-state index in [2.05, 4.69) is 15.1 Å². The van der Waals surface area contributed by atoms with E-state index in [0.717, 1.165) is 10.9 Å². The van der Waals surface area contributed by atoms with Gasteiger partial charge < -0.3 is 16.3 Å². The van der Waals surface area contributed by atoms with Crippen LogP contribution in [0, 0.1) is 0 Å². The summed E-state index contributed by atoms with van der Waals surface area (Å²) in [7, 11) is -1.66. The van der Waals surface area contributed by atoms with Crippen molar-refractivity contribution in [1.29, 1.82) is 0 Å². The van der Waals surface area contributed by atoms with Gasteiger partial charge in [0.15, 0.2) is 6.61 Å². The van der Waals surface area contributed by atoms with Gasteiger partial charge in [0.25, 0.3) is 5.91 Å². The number of carbonyl (C=O) groups is 1. The fraction of sp³-hybridized carbons (Fsp3) is 0.214. The highest BCUT2D eigenvalue weighted by Gasteiger charge is 2.33. The number of alkyl halides is 3. The number of halogens is 5. The summed E-state index contributed by atoms with van der Waals surface area (Å²) in [4.78, 5) is 15.3. The molecule has 0 saturated heterocycles. The van der Waals surface area contributed by atoms with Gasteiger partial charge in [-0.05, 0) is 12.1 Å². The first kappa shape index (κ1) is 22.0. The Kier molecular flexibility index (Phi) is 6.57. The average molecular weight is 458 g/mol. The van der Waals surface area contributed by atoms with Crippen LogP contribution in [0.3, 0.4) is 0 Å². The Labute approximate surface area is 168 Å². The predicted octanol–water partition coefficient (Wildman–Crippen LogP) is 2.35. The summed E-state index contributed by atoms with van der Waals surface area (Å²) in [6.45, 7) is -0.506. The van der Waals surface area contributed by atoms with E-state index in [1.54, 1.807) is 0 Å². The SMILES string of the molecule is CS(=O)c1c(/C=N/OCC(N)=O)nn(-c2c(Cl)cc(C(F)(F)F)cc2Cl)c1N. The Morgan fingerprint density at radius 1 is 1.39 bits per heavy atom. The van der Waals surface area contributed by atoms with E-state index >= 15 is 0 Å². The second-order valence-electron chi connectivity index (χ2n) is 5.23. The number of rotatable bonds is 6. The number of hydrogen-bond acceptors (Lipinski definition) is 6. The first-order valence-corrected chi connectivity index (χ1v) is 9.47. The summed E-state index contributed by atoms with van der Waals surface area (Å²) in [5.74, 6) is -0.953. The molecule has 1 aromatic carbocycles. The van der Waals surface area contributed by atoms with Crippen molar-refractivity contribution in [3.63, 3.8) is 0 Å². The minimum Gasteiger partial charge on any atom is -0.386 e.